The highest BCUT2D eigenvalue weighted by atomic mass is 35.5. The van der Waals surface area contributed by atoms with E-state index in [2.05, 4.69) is 15.8 Å². The number of piperidine rings is 1. The highest BCUT2D eigenvalue weighted by molar-refractivity contribution is 6.33. The van der Waals surface area contributed by atoms with Gasteiger partial charge < -0.3 is 20.3 Å². The van der Waals surface area contributed by atoms with Crippen LogP contribution in [0.5, 0.6) is 0 Å². The molecule has 0 radical (unpaired) electrons. The number of nitrogens with zero attached hydrogens (tertiary/aromatic N) is 1. The molecule has 1 saturated heterocycles. The Hall–Kier alpha value is -1.40. The van der Waals surface area contributed by atoms with Crippen LogP contribution in [0, 0.1) is 0 Å². The summed E-state index contributed by atoms with van der Waals surface area (Å²) in [6.07, 6.45) is 1.81. The number of benzene rings is 1. The number of nitrogens with one attached hydrogen (secondary N) is 2. The average molecular weight is 322 g/mol. The molecule has 22 heavy (non-hydrogen) atoms. The van der Waals surface area contributed by atoms with Gasteiger partial charge in [0.2, 0.25) is 0 Å². The van der Waals surface area contributed by atoms with Crippen molar-refractivity contribution in [1.82, 2.24) is 15.8 Å². The molecule has 1 aliphatic rings. The minimum Gasteiger partial charge on any atom is -0.387 e. The van der Waals surface area contributed by atoms with Crippen LogP contribution in [0.25, 0.3) is 11.3 Å². The van der Waals surface area contributed by atoms with Gasteiger partial charge >= 0.3 is 0 Å². The molecule has 3 N–H and O–H groups in total. The molecule has 0 unspecified atom stereocenters. The number of aliphatic hydroxyl groups is 1. The normalized spacial score (nSPS) is 21.9. The van der Waals surface area contributed by atoms with E-state index in [1.807, 2.05) is 30.3 Å². The third-order valence-corrected chi connectivity index (χ3v) is 4.24. The van der Waals surface area contributed by atoms with Crippen molar-refractivity contribution in [2.24, 2.45) is 0 Å². The van der Waals surface area contributed by atoms with Gasteiger partial charge in [0.15, 0.2) is 5.76 Å². The van der Waals surface area contributed by atoms with E-state index < -0.39 is 5.60 Å². The van der Waals surface area contributed by atoms with Crippen LogP contribution in [0.3, 0.4) is 0 Å². The molecule has 5 nitrogen and oxygen atoms in total. The molecular formula is C16H20ClN3O2. The van der Waals surface area contributed by atoms with Crippen molar-refractivity contribution in [1.29, 1.82) is 0 Å². The zero-order chi connectivity index (χ0) is 15.4. The third kappa shape index (κ3) is 3.67. The molecule has 2 aromatic rings. The Balaban J connectivity index is 1.57. The van der Waals surface area contributed by atoms with Gasteiger partial charge in [-0.25, -0.2) is 0 Å². The van der Waals surface area contributed by atoms with E-state index in [0.717, 1.165) is 30.6 Å². The maximum atomic E-state index is 10.4. The van der Waals surface area contributed by atoms with Gasteiger partial charge in [-0.05, 0) is 31.5 Å². The van der Waals surface area contributed by atoms with Crippen molar-refractivity contribution in [2.75, 3.05) is 19.6 Å². The summed E-state index contributed by atoms with van der Waals surface area (Å²) in [6.45, 7) is 2.70. The lowest BCUT2D eigenvalue weighted by atomic mass is 9.94. The number of hydrogen-bond donors (Lipinski definition) is 3. The topological polar surface area (TPSA) is 70.3 Å². The molecule has 6 heteroatoms. The van der Waals surface area contributed by atoms with Gasteiger partial charge in [0.05, 0.1) is 16.3 Å². The first-order valence-electron chi connectivity index (χ1n) is 7.51. The van der Waals surface area contributed by atoms with E-state index in [0.29, 0.717) is 30.4 Å². The fourth-order valence-electron chi connectivity index (χ4n) is 2.71. The van der Waals surface area contributed by atoms with E-state index in [1.165, 1.54) is 0 Å². The lowest BCUT2D eigenvalue weighted by molar-refractivity contribution is 0.0168. The smallest absolute Gasteiger partial charge is 0.168 e. The second-order valence-electron chi connectivity index (χ2n) is 5.77. The van der Waals surface area contributed by atoms with Crippen LogP contribution < -0.4 is 10.6 Å². The predicted molar refractivity (Wildman–Crippen MR) is 85.7 cm³/mol. The molecule has 0 bridgehead atoms. The summed E-state index contributed by atoms with van der Waals surface area (Å²) >= 11 is 6.15. The number of β-amino-alcohol motifs (C(OH)–C–C–N with tert-alkyl or cyclic N) is 1. The molecule has 0 spiro atoms. The molecule has 2 heterocycles. The summed E-state index contributed by atoms with van der Waals surface area (Å²) in [5.74, 6) is 0.653. The highest BCUT2D eigenvalue weighted by Gasteiger charge is 2.28. The molecule has 1 atom stereocenters. The number of aromatic nitrogens is 1. The van der Waals surface area contributed by atoms with Crippen LogP contribution in [0.2, 0.25) is 5.02 Å². The van der Waals surface area contributed by atoms with E-state index in [9.17, 15) is 5.11 Å². The van der Waals surface area contributed by atoms with Gasteiger partial charge in [0.25, 0.3) is 0 Å². The fourth-order valence-corrected chi connectivity index (χ4v) is 2.94. The number of hydrogen-bond acceptors (Lipinski definition) is 5. The Kier molecular flexibility index (Phi) is 4.78. The Morgan fingerprint density at radius 2 is 2.27 bits per heavy atom. The lowest BCUT2D eigenvalue weighted by Gasteiger charge is -2.32. The molecule has 1 aromatic carbocycles. The minimum absolute atomic E-state index is 0.536. The maximum Gasteiger partial charge on any atom is 0.168 e. The van der Waals surface area contributed by atoms with Crippen LogP contribution in [-0.4, -0.2) is 35.5 Å². The summed E-state index contributed by atoms with van der Waals surface area (Å²) in [6, 6.07) is 9.38. The van der Waals surface area contributed by atoms with Crippen molar-refractivity contribution < 1.29 is 9.63 Å². The Morgan fingerprint density at radius 1 is 1.41 bits per heavy atom. The van der Waals surface area contributed by atoms with Crippen LogP contribution in [0.1, 0.15) is 18.5 Å². The highest BCUT2D eigenvalue weighted by Crippen LogP contribution is 2.27. The van der Waals surface area contributed by atoms with Gasteiger partial charge in [-0.2, -0.15) is 0 Å². The van der Waals surface area contributed by atoms with Crippen molar-refractivity contribution in [2.45, 2.75) is 25.0 Å². The maximum absolute atomic E-state index is 10.4. The minimum atomic E-state index is -0.673. The van der Waals surface area contributed by atoms with Crippen molar-refractivity contribution in [3.8, 4) is 11.3 Å². The quantitative estimate of drug-likeness (QED) is 0.787. The first-order chi connectivity index (χ1) is 10.7. The lowest BCUT2D eigenvalue weighted by Crippen LogP contribution is -2.51. The Morgan fingerprint density at radius 3 is 3.05 bits per heavy atom. The van der Waals surface area contributed by atoms with Crippen LogP contribution in [-0.2, 0) is 6.54 Å². The van der Waals surface area contributed by atoms with Gasteiger partial charge in [0.1, 0.15) is 0 Å². The standard InChI is InChI=1S/C16H20ClN3O2/c17-14-5-2-1-4-13(14)15-8-12(20-22-15)9-19-11-16(21)6-3-7-18-10-16/h1-2,4-5,8,18-19,21H,3,6-7,9-11H2/t16-/m1/s1. The second-order valence-corrected chi connectivity index (χ2v) is 6.18. The first-order valence-corrected chi connectivity index (χ1v) is 7.88. The first kappa shape index (κ1) is 15.5. The second kappa shape index (κ2) is 6.79. The molecule has 1 aliphatic heterocycles. The molecular weight excluding hydrogens is 302 g/mol. The molecule has 118 valence electrons. The summed E-state index contributed by atoms with van der Waals surface area (Å²) in [4.78, 5) is 0. The van der Waals surface area contributed by atoms with Gasteiger partial charge in [-0.1, -0.05) is 28.9 Å². The predicted octanol–water partition coefficient (Wildman–Crippen LogP) is 2.20. The molecule has 1 fully saturated rings. The fraction of sp³-hybridized carbons (Fsp3) is 0.438. The summed E-state index contributed by atoms with van der Waals surface area (Å²) < 4.78 is 5.35. The van der Waals surface area contributed by atoms with Gasteiger partial charge in [0, 0.05) is 31.3 Å². The molecule has 0 saturated carbocycles. The molecule has 3 rings (SSSR count). The zero-order valence-corrected chi connectivity index (χ0v) is 13.1. The van der Waals surface area contributed by atoms with Crippen molar-refractivity contribution >= 4 is 11.6 Å². The zero-order valence-electron chi connectivity index (χ0n) is 12.3. The SMILES string of the molecule is O[C@]1(CNCc2cc(-c3ccccc3Cl)on2)CCCNC1. The van der Waals surface area contributed by atoms with E-state index >= 15 is 0 Å². The molecule has 0 aliphatic carbocycles. The molecule has 0 amide bonds. The van der Waals surface area contributed by atoms with E-state index in [4.69, 9.17) is 16.1 Å². The third-order valence-electron chi connectivity index (χ3n) is 3.91. The van der Waals surface area contributed by atoms with E-state index in [-0.39, 0.29) is 0 Å². The van der Waals surface area contributed by atoms with Crippen LogP contribution >= 0.6 is 11.6 Å². The van der Waals surface area contributed by atoms with Crippen molar-refractivity contribution in [3.05, 3.63) is 41.0 Å². The monoisotopic (exact) mass is 321 g/mol. The van der Waals surface area contributed by atoms with Crippen LogP contribution in [0.15, 0.2) is 34.9 Å². The largest absolute Gasteiger partial charge is 0.387 e. The van der Waals surface area contributed by atoms with Gasteiger partial charge in [-0.15, -0.1) is 0 Å². The average Bonchev–Trinajstić information content (AvgIpc) is 2.97. The van der Waals surface area contributed by atoms with Crippen molar-refractivity contribution in [3.63, 3.8) is 0 Å². The molecule has 1 aromatic heterocycles. The summed E-state index contributed by atoms with van der Waals surface area (Å²) in [5, 5.41) is 21.5. The Bertz CT molecular complexity index is 623. The number of rotatable bonds is 5. The Labute approximate surface area is 134 Å². The summed E-state index contributed by atoms with van der Waals surface area (Å²) in [7, 11) is 0. The number of halogens is 1. The van der Waals surface area contributed by atoms with Gasteiger partial charge in [-0.3, -0.25) is 0 Å². The van der Waals surface area contributed by atoms with Crippen LogP contribution in [0.4, 0.5) is 0 Å². The van der Waals surface area contributed by atoms with E-state index in [1.54, 1.807) is 0 Å². The summed E-state index contributed by atoms with van der Waals surface area (Å²) in [5.41, 5.74) is 0.952.